The first kappa shape index (κ1) is 25.2. The zero-order chi connectivity index (χ0) is 26.5. The zero-order valence-corrected chi connectivity index (χ0v) is 23.0. The quantitative estimate of drug-likeness (QED) is 0.455. The number of nitrogens with zero attached hydrogens (tertiary/aromatic N) is 3. The molecular weight excluding hydrogens is 496 g/mol. The van der Waals surface area contributed by atoms with Crippen molar-refractivity contribution in [1.29, 1.82) is 0 Å². The van der Waals surface area contributed by atoms with Gasteiger partial charge in [0.05, 0.1) is 11.9 Å². The van der Waals surface area contributed by atoms with Gasteiger partial charge in [-0.05, 0) is 104 Å². The van der Waals surface area contributed by atoms with E-state index >= 15 is 0 Å². The molecule has 0 unspecified atom stereocenters. The number of nitrogens with one attached hydrogen (secondary N) is 1. The fraction of sp³-hybridized carbons (Fsp3) is 0.467. The fourth-order valence-electron chi connectivity index (χ4n) is 7.66. The molecule has 0 radical (unpaired) electrons. The molecule has 7 nitrogen and oxygen atoms in total. The molecule has 1 aromatic heterocycles. The third-order valence-corrected chi connectivity index (χ3v) is 10.2. The molecule has 0 spiro atoms. The van der Waals surface area contributed by atoms with Crippen molar-refractivity contribution in [3.05, 3.63) is 77.9 Å². The lowest BCUT2D eigenvalue weighted by atomic mass is 9.48. The van der Waals surface area contributed by atoms with E-state index in [9.17, 15) is 13.2 Å². The highest BCUT2D eigenvalue weighted by Crippen LogP contribution is 2.60. The summed E-state index contributed by atoms with van der Waals surface area (Å²) in [5.74, 6) is 3.11. The second-order valence-electron chi connectivity index (χ2n) is 11.8. The van der Waals surface area contributed by atoms with E-state index in [0.29, 0.717) is 12.2 Å². The summed E-state index contributed by atoms with van der Waals surface area (Å²) < 4.78 is 28.5. The number of carbonyl (C=O) groups excluding carboxylic acids is 1. The number of rotatable bonds is 8. The molecule has 2 aromatic carbocycles. The summed E-state index contributed by atoms with van der Waals surface area (Å²) in [5.41, 5.74) is 4.07. The van der Waals surface area contributed by atoms with E-state index in [0.717, 1.165) is 41.1 Å². The molecule has 0 aliphatic heterocycles. The average Bonchev–Trinajstić information content (AvgIpc) is 3.31. The maximum Gasteiger partial charge on any atom is 0.241 e. The first-order valence-electron chi connectivity index (χ1n) is 13.6. The highest BCUT2D eigenvalue weighted by molar-refractivity contribution is 7.92. The van der Waals surface area contributed by atoms with E-state index in [1.54, 1.807) is 6.20 Å². The Hall–Kier alpha value is -3.13. The Morgan fingerprint density at radius 2 is 1.61 bits per heavy atom. The first-order valence-corrected chi connectivity index (χ1v) is 15.5. The maximum absolute atomic E-state index is 12.8. The Bertz CT molecular complexity index is 1390. The minimum Gasteiger partial charge on any atom is -0.350 e. The normalized spacial score (nSPS) is 25.9. The predicted molar refractivity (Wildman–Crippen MR) is 149 cm³/mol. The highest BCUT2D eigenvalue weighted by Gasteiger charge is 2.51. The van der Waals surface area contributed by atoms with E-state index in [1.165, 1.54) is 48.4 Å². The van der Waals surface area contributed by atoms with Gasteiger partial charge in [0.15, 0.2) is 0 Å². The molecule has 0 atom stereocenters. The van der Waals surface area contributed by atoms with Gasteiger partial charge < -0.3 is 9.88 Å². The molecule has 0 saturated heterocycles. The van der Waals surface area contributed by atoms with Crippen LogP contribution in [0.15, 0.2) is 60.9 Å². The van der Waals surface area contributed by atoms with Crippen LogP contribution in [0.1, 0.15) is 55.5 Å². The average molecular weight is 533 g/mol. The van der Waals surface area contributed by atoms with Crippen LogP contribution in [-0.2, 0) is 26.8 Å². The Kier molecular flexibility index (Phi) is 6.33. The van der Waals surface area contributed by atoms with Crippen LogP contribution in [0.2, 0.25) is 0 Å². The van der Waals surface area contributed by atoms with Crippen LogP contribution in [0.5, 0.6) is 0 Å². The van der Waals surface area contributed by atoms with E-state index < -0.39 is 10.0 Å². The van der Waals surface area contributed by atoms with Crippen LogP contribution in [0.4, 0.5) is 5.69 Å². The third kappa shape index (κ3) is 4.86. The second kappa shape index (κ2) is 9.56. The lowest BCUT2D eigenvalue weighted by Crippen LogP contribution is -2.48. The van der Waals surface area contributed by atoms with Gasteiger partial charge in [-0.3, -0.25) is 9.10 Å². The lowest BCUT2D eigenvalue weighted by molar-refractivity contribution is -0.119. The summed E-state index contributed by atoms with van der Waals surface area (Å²) in [6.45, 7) is 2.02. The van der Waals surface area contributed by atoms with Gasteiger partial charge in [0.1, 0.15) is 12.4 Å². The minimum absolute atomic E-state index is 0.248. The molecule has 1 heterocycles. The molecule has 4 aliphatic rings. The van der Waals surface area contributed by atoms with Crippen LogP contribution in [0, 0.1) is 24.7 Å². The van der Waals surface area contributed by atoms with Gasteiger partial charge in [0.2, 0.25) is 15.9 Å². The molecule has 7 rings (SSSR count). The summed E-state index contributed by atoms with van der Waals surface area (Å²) in [6.07, 6.45) is 12.8. The van der Waals surface area contributed by atoms with Crippen LogP contribution >= 0.6 is 0 Å². The fourth-order valence-corrected chi connectivity index (χ4v) is 8.51. The summed E-state index contributed by atoms with van der Waals surface area (Å²) in [7, 11) is -3.62. The van der Waals surface area contributed by atoms with Crippen molar-refractivity contribution in [1.82, 2.24) is 14.9 Å². The third-order valence-electron chi connectivity index (χ3n) is 9.02. The maximum atomic E-state index is 12.8. The summed E-state index contributed by atoms with van der Waals surface area (Å²) in [4.78, 5) is 17.1. The molecule has 4 fully saturated rings. The first-order chi connectivity index (χ1) is 18.2. The number of imidazole rings is 1. The van der Waals surface area contributed by atoms with Crippen LogP contribution in [0.25, 0.3) is 5.69 Å². The molecule has 8 heteroatoms. The number of aromatic nitrogens is 2. The zero-order valence-electron chi connectivity index (χ0n) is 22.1. The summed E-state index contributed by atoms with van der Waals surface area (Å²) in [6, 6.07) is 15.9. The number of aryl methyl sites for hydroxylation is 1. The van der Waals surface area contributed by atoms with Gasteiger partial charge in [-0.2, -0.15) is 0 Å². The smallest absolute Gasteiger partial charge is 0.241 e. The number of hydrogen-bond acceptors (Lipinski definition) is 4. The number of amides is 1. The molecule has 4 saturated carbocycles. The van der Waals surface area contributed by atoms with Crippen LogP contribution < -0.4 is 9.62 Å². The standard InChI is InChI=1S/C30H36N4O3S/c1-21-31-11-12-33(21)27-7-3-22(4-8-27)19-32-29(35)20-34(38(2,36)37)28-9-5-26(6-10-28)30-16-23-13-24(17-30)15-25(14-23)18-30/h3-12,23-25H,13-20H2,1-2H3,(H,32,35). The second-order valence-corrected chi connectivity index (χ2v) is 13.7. The van der Waals surface area contributed by atoms with Crippen molar-refractivity contribution in [2.75, 3.05) is 17.1 Å². The Morgan fingerprint density at radius 1 is 1.00 bits per heavy atom. The van der Waals surface area contributed by atoms with Crippen molar-refractivity contribution >= 4 is 21.6 Å². The molecule has 4 aliphatic carbocycles. The van der Waals surface area contributed by atoms with Crippen molar-refractivity contribution in [2.24, 2.45) is 17.8 Å². The van der Waals surface area contributed by atoms with Crippen molar-refractivity contribution in [3.63, 3.8) is 0 Å². The van der Waals surface area contributed by atoms with E-state index in [2.05, 4.69) is 22.4 Å². The molecule has 1 N–H and O–H groups in total. The Labute approximate surface area is 225 Å². The van der Waals surface area contributed by atoms with Gasteiger partial charge in [-0.25, -0.2) is 13.4 Å². The van der Waals surface area contributed by atoms with Crippen LogP contribution in [-0.4, -0.2) is 36.7 Å². The minimum atomic E-state index is -3.62. The van der Waals surface area contributed by atoms with E-state index in [1.807, 2.05) is 54.1 Å². The van der Waals surface area contributed by atoms with Crippen molar-refractivity contribution < 1.29 is 13.2 Å². The predicted octanol–water partition coefficient (Wildman–Crippen LogP) is 4.73. The van der Waals surface area contributed by atoms with E-state index in [-0.39, 0.29) is 17.9 Å². The van der Waals surface area contributed by atoms with Gasteiger partial charge in [0, 0.05) is 24.6 Å². The number of sulfonamides is 1. The van der Waals surface area contributed by atoms with E-state index in [4.69, 9.17) is 0 Å². The van der Waals surface area contributed by atoms with Crippen molar-refractivity contribution in [2.45, 2.75) is 57.4 Å². The topological polar surface area (TPSA) is 84.3 Å². The highest BCUT2D eigenvalue weighted by atomic mass is 32.2. The van der Waals surface area contributed by atoms with Gasteiger partial charge in [-0.1, -0.05) is 24.3 Å². The molecule has 4 bridgehead atoms. The largest absolute Gasteiger partial charge is 0.350 e. The van der Waals surface area contributed by atoms with Gasteiger partial charge >= 0.3 is 0 Å². The molecule has 1 amide bonds. The Morgan fingerprint density at radius 3 is 2.13 bits per heavy atom. The molecule has 38 heavy (non-hydrogen) atoms. The number of carbonyl (C=O) groups is 1. The van der Waals surface area contributed by atoms with Crippen LogP contribution in [0.3, 0.4) is 0 Å². The summed E-state index contributed by atoms with van der Waals surface area (Å²) in [5, 5.41) is 2.87. The monoisotopic (exact) mass is 532 g/mol. The number of anilines is 1. The number of hydrogen-bond donors (Lipinski definition) is 1. The Balaban J connectivity index is 1.11. The van der Waals surface area contributed by atoms with Gasteiger partial charge in [0.25, 0.3) is 0 Å². The SMILES string of the molecule is Cc1nccn1-c1ccc(CNC(=O)CN(c2ccc(C34CC5CC(CC(C5)C3)C4)cc2)S(C)(=O)=O)cc1. The molecule has 3 aromatic rings. The summed E-state index contributed by atoms with van der Waals surface area (Å²) >= 11 is 0. The van der Waals surface area contributed by atoms with Crippen molar-refractivity contribution in [3.8, 4) is 5.69 Å². The van der Waals surface area contributed by atoms with Gasteiger partial charge in [-0.15, -0.1) is 0 Å². The number of benzene rings is 2. The lowest BCUT2D eigenvalue weighted by Gasteiger charge is -2.57. The molecule has 200 valence electrons. The molecular formula is C30H36N4O3S.